The first-order valence-corrected chi connectivity index (χ1v) is 7.81. The third-order valence-corrected chi connectivity index (χ3v) is 3.93. The van der Waals surface area contributed by atoms with Crippen molar-refractivity contribution in [2.24, 2.45) is 0 Å². The number of likely N-dealkylation sites (tertiary alicyclic amines) is 1. The summed E-state index contributed by atoms with van der Waals surface area (Å²) in [6.07, 6.45) is 2.13. The maximum atomic E-state index is 12.9. The van der Waals surface area contributed by atoms with Crippen molar-refractivity contribution in [3.63, 3.8) is 0 Å². The molecule has 1 aliphatic heterocycles. The van der Waals surface area contributed by atoms with Gasteiger partial charge in [0.25, 0.3) is 0 Å². The molecule has 1 aromatic heterocycles. The van der Waals surface area contributed by atoms with Crippen molar-refractivity contribution < 1.29 is 14.0 Å². The summed E-state index contributed by atoms with van der Waals surface area (Å²) in [5.41, 5.74) is 1.56. The summed E-state index contributed by atoms with van der Waals surface area (Å²) in [6.45, 7) is 0.885. The molecule has 0 unspecified atom stereocenters. The maximum Gasteiger partial charge on any atom is 0.226 e. The highest BCUT2D eigenvalue weighted by Crippen LogP contribution is 2.15. The molecule has 0 radical (unpaired) electrons. The van der Waals surface area contributed by atoms with Gasteiger partial charge in [-0.15, -0.1) is 0 Å². The molecule has 24 heavy (non-hydrogen) atoms. The molecule has 1 atom stereocenters. The number of carbonyl (C=O) groups is 2. The van der Waals surface area contributed by atoms with Crippen LogP contribution in [0.25, 0.3) is 0 Å². The van der Waals surface area contributed by atoms with Gasteiger partial charge in [0, 0.05) is 31.4 Å². The fraction of sp³-hybridized carbons (Fsp3) is 0.278. The number of nitrogens with one attached hydrogen (secondary N) is 1. The van der Waals surface area contributed by atoms with Gasteiger partial charge in [-0.25, -0.2) is 4.39 Å². The molecule has 1 N–H and O–H groups in total. The predicted octanol–water partition coefficient (Wildman–Crippen LogP) is 1.68. The van der Waals surface area contributed by atoms with Crippen LogP contribution in [0.4, 0.5) is 4.39 Å². The number of aromatic nitrogens is 1. The first-order valence-electron chi connectivity index (χ1n) is 7.81. The minimum atomic E-state index is -0.300. The van der Waals surface area contributed by atoms with Crippen molar-refractivity contribution in [3.8, 4) is 0 Å². The van der Waals surface area contributed by atoms with Gasteiger partial charge in [0.2, 0.25) is 11.8 Å². The van der Waals surface area contributed by atoms with Crippen molar-refractivity contribution in [1.29, 1.82) is 0 Å². The van der Waals surface area contributed by atoms with Crippen LogP contribution in [0.3, 0.4) is 0 Å². The van der Waals surface area contributed by atoms with E-state index < -0.39 is 0 Å². The molecule has 1 aliphatic rings. The molecule has 2 amide bonds. The zero-order valence-electron chi connectivity index (χ0n) is 13.1. The second-order valence-electron chi connectivity index (χ2n) is 5.87. The highest BCUT2D eigenvalue weighted by Gasteiger charge is 2.30. The number of benzene rings is 1. The average Bonchev–Trinajstić information content (AvgIpc) is 2.89. The van der Waals surface area contributed by atoms with Crippen LogP contribution >= 0.6 is 0 Å². The van der Waals surface area contributed by atoms with E-state index in [-0.39, 0.29) is 36.5 Å². The number of carbonyl (C=O) groups excluding carboxylic acids is 2. The number of pyridine rings is 1. The lowest BCUT2D eigenvalue weighted by atomic mass is 10.2. The molecule has 6 heteroatoms. The fourth-order valence-electron chi connectivity index (χ4n) is 2.78. The van der Waals surface area contributed by atoms with Gasteiger partial charge in [-0.05, 0) is 29.8 Å². The average molecular weight is 327 g/mol. The quantitative estimate of drug-likeness (QED) is 0.909. The van der Waals surface area contributed by atoms with Gasteiger partial charge in [0.05, 0.1) is 12.5 Å². The van der Waals surface area contributed by atoms with E-state index in [9.17, 15) is 14.0 Å². The van der Waals surface area contributed by atoms with Crippen LogP contribution in [0.5, 0.6) is 0 Å². The molecule has 2 aromatic rings. The van der Waals surface area contributed by atoms with Gasteiger partial charge in [0.15, 0.2) is 0 Å². The Morgan fingerprint density at radius 3 is 2.75 bits per heavy atom. The smallest absolute Gasteiger partial charge is 0.226 e. The van der Waals surface area contributed by atoms with Gasteiger partial charge < -0.3 is 10.2 Å². The van der Waals surface area contributed by atoms with Crippen molar-refractivity contribution >= 4 is 11.8 Å². The monoisotopic (exact) mass is 327 g/mol. The molecule has 0 saturated carbocycles. The number of halogens is 1. The SMILES string of the molecule is O=C(Cc1ccccn1)N[C@@H]1CC(=O)N(Cc2ccc(F)cc2)C1. The van der Waals surface area contributed by atoms with Crippen LogP contribution in [0.2, 0.25) is 0 Å². The van der Waals surface area contributed by atoms with Crippen LogP contribution in [-0.4, -0.2) is 34.3 Å². The van der Waals surface area contributed by atoms with E-state index >= 15 is 0 Å². The Kier molecular flexibility index (Phi) is 4.84. The van der Waals surface area contributed by atoms with E-state index in [0.29, 0.717) is 18.8 Å². The summed E-state index contributed by atoms with van der Waals surface area (Å²) in [5, 5.41) is 2.88. The summed E-state index contributed by atoms with van der Waals surface area (Å²) >= 11 is 0. The van der Waals surface area contributed by atoms with Gasteiger partial charge in [0.1, 0.15) is 5.82 Å². The Labute approximate surface area is 139 Å². The van der Waals surface area contributed by atoms with Crippen LogP contribution in [0, 0.1) is 5.82 Å². The molecule has 3 rings (SSSR count). The van der Waals surface area contributed by atoms with Gasteiger partial charge in [-0.1, -0.05) is 18.2 Å². The molecule has 1 fully saturated rings. The molecule has 1 saturated heterocycles. The van der Waals surface area contributed by atoms with Crippen LogP contribution in [0.1, 0.15) is 17.7 Å². The highest BCUT2D eigenvalue weighted by atomic mass is 19.1. The van der Waals surface area contributed by atoms with E-state index in [2.05, 4.69) is 10.3 Å². The fourth-order valence-corrected chi connectivity index (χ4v) is 2.78. The molecule has 0 bridgehead atoms. The summed E-state index contributed by atoms with van der Waals surface area (Å²) in [6, 6.07) is 11.3. The number of rotatable bonds is 5. The molecule has 5 nitrogen and oxygen atoms in total. The lowest BCUT2D eigenvalue weighted by molar-refractivity contribution is -0.128. The third-order valence-electron chi connectivity index (χ3n) is 3.93. The molecule has 1 aromatic carbocycles. The van der Waals surface area contributed by atoms with Gasteiger partial charge in [-0.2, -0.15) is 0 Å². The van der Waals surface area contributed by atoms with E-state index in [4.69, 9.17) is 0 Å². The molecule has 124 valence electrons. The maximum absolute atomic E-state index is 12.9. The Bertz CT molecular complexity index is 719. The zero-order valence-corrected chi connectivity index (χ0v) is 13.1. The van der Waals surface area contributed by atoms with Gasteiger partial charge >= 0.3 is 0 Å². The number of hydrogen-bond donors (Lipinski definition) is 1. The van der Waals surface area contributed by atoms with Crippen molar-refractivity contribution in [1.82, 2.24) is 15.2 Å². The van der Waals surface area contributed by atoms with Crippen LogP contribution in [0.15, 0.2) is 48.7 Å². The summed E-state index contributed by atoms with van der Waals surface area (Å²) < 4.78 is 12.9. The second kappa shape index (κ2) is 7.21. The normalized spacial score (nSPS) is 17.1. The standard InChI is InChI=1S/C18H18FN3O2/c19-14-6-4-13(5-7-14)11-22-12-16(10-18(22)24)21-17(23)9-15-3-1-2-8-20-15/h1-8,16H,9-12H2,(H,21,23)/t16-/m1/s1. The van der Waals surface area contributed by atoms with E-state index in [1.54, 1.807) is 35.4 Å². The Morgan fingerprint density at radius 1 is 1.25 bits per heavy atom. The van der Waals surface area contributed by atoms with E-state index in [0.717, 1.165) is 5.56 Å². The molecule has 2 heterocycles. The van der Waals surface area contributed by atoms with E-state index in [1.807, 2.05) is 6.07 Å². The predicted molar refractivity (Wildman–Crippen MR) is 86.3 cm³/mol. The van der Waals surface area contributed by atoms with E-state index in [1.165, 1.54) is 12.1 Å². The summed E-state index contributed by atoms with van der Waals surface area (Å²) in [4.78, 5) is 29.9. The minimum Gasteiger partial charge on any atom is -0.351 e. The molecular formula is C18H18FN3O2. The Balaban J connectivity index is 1.52. The molecular weight excluding hydrogens is 309 g/mol. The Morgan fingerprint density at radius 2 is 2.04 bits per heavy atom. The molecule has 0 aliphatic carbocycles. The number of amides is 2. The van der Waals surface area contributed by atoms with Crippen LogP contribution < -0.4 is 5.32 Å². The number of nitrogens with zero attached hydrogens (tertiary/aromatic N) is 2. The largest absolute Gasteiger partial charge is 0.351 e. The first kappa shape index (κ1) is 16.1. The topological polar surface area (TPSA) is 62.3 Å². The van der Waals surface area contributed by atoms with Crippen molar-refractivity contribution in [2.45, 2.75) is 25.4 Å². The zero-order chi connectivity index (χ0) is 16.9. The van der Waals surface area contributed by atoms with Crippen LogP contribution in [-0.2, 0) is 22.6 Å². The lowest BCUT2D eigenvalue weighted by Crippen LogP contribution is -2.38. The van der Waals surface area contributed by atoms with Gasteiger partial charge in [-0.3, -0.25) is 14.6 Å². The Hall–Kier alpha value is -2.76. The van der Waals surface area contributed by atoms with Crippen molar-refractivity contribution in [3.05, 3.63) is 65.7 Å². The second-order valence-corrected chi connectivity index (χ2v) is 5.87. The molecule has 0 spiro atoms. The highest BCUT2D eigenvalue weighted by molar-refractivity contribution is 5.83. The third kappa shape index (κ3) is 4.16. The number of hydrogen-bond acceptors (Lipinski definition) is 3. The lowest BCUT2D eigenvalue weighted by Gasteiger charge is -2.17. The van der Waals surface area contributed by atoms with Crippen molar-refractivity contribution in [2.75, 3.05) is 6.54 Å². The summed E-state index contributed by atoms with van der Waals surface area (Å²) in [7, 11) is 0. The summed E-state index contributed by atoms with van der Waals surface area (Å²) in [5.74, 6) is -0.455. The first-order chi connectivity index (χ1) is 11.6. The minimum absolute atomic E-state index is 0.0116.